The summed E-state index contributed by atoms with van der Waals surface area (Å²) in [6, 6.07) is 15.4. The number of hydrogen-bond acceptors (Lipinski definition) is 6. The molecule has 9 heteroatoms. The number of nitrogens with one attached hydrogen (secondary N) is 1. The number of halogens is 2. The molecule has 0 radical (unpaired) electrons. The van der Waals surface area contributed by atoms with Crippen LogP contribution in [0.1, 0.15) is 15.9 Å². The maximum atomic E-state index is 12.4. The van der Waals surface area contributed by atoms with Crippen molar-refractivity contribution in [2.75, 3.05) is 13.2 Å². The Bertz CT molecular complexity index is 1140. The third-order valence-electron chi connectivity index (χ3n) is 4.26. The van der Waals surface area contributed by atoms with Crippen LogP contribution in [-0.4, -0.2) is 30.4 Å². The molecule has 158 valence electrons. The van der Waals surface area contributed by atoms with Crippen molar-refractivity contribution in [2.45, 2.75) is 0 Å². The van der Waals surface area contributed by atoms with E-state index in [2.05, 4.69) is 42.4 Å². The van der Waals surface area contributed by atoms with Crippen LogP contribution in [0.25, 0.3) is 0 Å². The number of carbonyl (C=O) groups is 1. The first-order chi connectivity index (χ1) is 15.0. The minimum absolute atomic E-state index is 0.0935. The van der Waals surface area contributed by atoms with Gasteiger partial charge in [-0.2, -0.15) is 5.10 Å². The summed E-state index contributed by atoms with van der Waals surface area (Å²) in [5, 5.41) is 13.7. The first-order valence-corrected chi connectivity index (χ1v) is 10.8. The van der Waals surface area contributed by atoms with Crippen LogP contribution in [0.2, 0.25) is 0 Å². The number of hydrogen-bond donors (Lipinski definition) is 2. The summed E-state index contributed by atoms with van der Waals surface area (Å²) in [4.78, 5) is 12.4. The van der Waals surface area contributed by atoms with Gasteiger partial charge >= 0.3 is 0 Å². The zero-order chi connectivity index (χ0) is 21.8. The first-order valence-electron chi connectivity index (χ1n) is 9.18. The van der Waals surface area contributed by atoms with Gasteiger partial charge in [-0.25, -0.2) is 5.43 Å². The fourth-order valence-corrected chi connectivity index (χ4v) is 4.04. The van der Waals surface area contributed by atoms with Gasteiger partial charge in [0.15, 0.2) is 11.5 Å². The first kappa shape index (κ1) is 21.2. The summed E-state index contributed by atoms with van der Waals surface area (Å²) in [6.45, 7) is 1.01. The Morgan fingerprint density at radius 1 is 1.00 bits per heavy atom. The molecule has 3 aromatic rings. The fraction of sp³-hybridized carbons (Fsp3) is 0.0909. The number of rotatable bonds is 5. The zero-order valence-electron chi connectivity index (χ0n) is 16.0. The van der Waals surface area contributed by atoms with Crippen LogP contribution in [-0.2, 0) is 0 Å². The number of phenols is 1. The van der Waals surface area contributed by atoms with E-state index in [4.69, 9.17) is 14.2 Å². The van der Waals surface area contributed by atoms with Crippen LogP contribution in [0.5, 0.6) is 28.7 Å². The highest BCUT2D eigenvalue weighted by molar-refractivity contribution is 9.11. The Morgan fingerprint density at radius 3 is 2.48 bits per heavy atom. The predicted molar refractivity (Wildman–Crippen MR) is 123 cm³/mol. The quantitative estimate of drug-likeness (QED) is 0.336. The average Bonchev–Trinajstić information content (AvgIpc) is 2.77. The van der Waals surface area contributed by atoms with Crippen LogP contribution in [0, 0.1) is 0 Å². The number of hydrazone groups is 1. The topological polar surface area (TPSA) is 89.4 Å². The molecule has 31 heavy (non-hydrogen) atoms. The van der Waals surface area contributed by atoms with E-state index in [1.807, 2.05) is 0 Å². The molecule has 4 rings (SSSR count). The van der Waals surface area contributed by atoms with E-state index in [1.54, 1.807) is 54.6 Å². The van der Waals surface area contributed by atoms with Gasteiger partial charge in [-0.3, -0.25) is 4.79 Å². The van der Waals surface area contributed by atoms with Gasteiger partial charge in [-0.15, -0.1) is 0 Å². The summed E-state index contributed by atoms with van der Waals surface area (Å²) in [5.74, 6) is 2.08. The number of nitrogens with zero attached hydrogens (tertiary/aromatic N) is 1. The second-order valence-electron chi connectivity index (χ2n) is 6.47. The Morgan fingerprint density at radius 2 is 1.71 bits per heavy atom. The number of amides is 1. The molecule has 1 amide bonds. The van der Waals surface area contributed by atoms with E-state index < -0.39 is 0 Å². The van der Waals surface area contributed by atoms with Crippen molar-refractivity contribution in [3.8, 4) is 28.7 Å². The predicted octanol–water partition coefficient (Wildman–Crippen LogP) is 5.24. The van der Waals surface area contributed by atoms with Crippen LogP contribution >= 0.6 is 31.9 Å². The lowest BCUT2D eigenvalue weighted by atomic mass is 10.2. The normalized spacial score (nSPS) is 12.6. The third-order valence-corrected chi connectivity index (χ3v) is 5.47. The molecule has 0 unspecified atom stereocenters. The Labute approximate surface area is 194 Å². The van der Waals surface area contributed by atoms with Crippen LogP contribution < -0.4 is 19.6 Å². The lowest BCUT2D eigenvalue weighted by molar-refractivity contribution is 0.0955. The van der Waals surface area contributed by atoms with Gasteiger partial charge in [0, 0.05) is 11.6 Å². The molecule has 0 saturated carbocycles. The monoisotopic (exact) mass is 546 g/mol. The van der Waals surface area contributed by atoms with Crippen molar-refractivity contribution < 1.29 is 24.1 Å². The molecule has 0 atom stereocenters. The number of carbonyl (C=O) groups excluding carboxylic acids is 1. The largest absolute Gasteiger partial charge is 0.506 e. The van der Waals surface area contributed by atoms with Gasteiger partial charge < -0.3 is 19.3 Å². The van der Waals surface area contributed by atoms with E-state index >= 15 is 0 Å². The molecule has 1 aliphatic rings. The van der Waals surface area contributed by atoms with Crippen molar-refractivity contribution >= 4 is 44.0 Å². The molecule has 1 heterocycles. The van der Waals surface area contributed by atoms with Crippen LogP contribution in [0.3, 0.4) is 0 Å². The van der Waals surface area contributed by atoms with Gasteiger partial charge in [0.05, 0.1) is 15.2 Å². The van der Waals surface area contributed by atoms with E-state index in [0.29, 0.717) is 56.3 Å². The highest BCUT2D eigenvalue weighted by Gasteiger charge is 2.13. The molecule has 1 aliphatic heterocycles. The molecule has 0 aromatic heterocycles. The standard InChI is InChI=1S/C22H16Br2N2O5/c23-17-8-13(9-18(24)21(17)27)12-25-26-22(28)14-2-1-3-15(10-14)31-16-4-5-19-20(11-16)30-7-6-29-19/h1-5,8-12,27H,6-7H2,(H,26,28)/b25-12+. The summed E-state index contributed by atoms with van der Waals surface area (Å²) in [7, 11) is 0. The van der Waals surface area contributed by atoms with Crippen LogP contribution in [0.15, 0.2) is 68.6 Å². The molecule has 0 saturated heterocycles. The minimum Gasteiger partial charge on any atom is -0.506 e. The third kappa shape index (κ3) is 5.18. The maximum absolute atomic E-state index is 12.4. The molecule has 0 spiro atoms. The van der Waals surface area contributed by atoms with Gasteiger partial charge in [0.1, 0.15) is 30.5 Å². The summed E-state index contributed by atoms with van der Waals surface area (Å²) in [6.07, 6.45) is 1.47. The maximum Gasteiger partial charge on any atom is 0.271 e. The number of benzene rings is 3. The Hall–Kier alpha value is -3.04. The van der Waals surface area contributed by atoms with Crippen molar-refractivity contribution in [3.05, 3.63) is 74.7 Å². The van der Waals surface area contributed by atoms with Gasteiger partial charge in [0.2, 0.25) is 0 Å². The minimum atomic E-state index is -0.388. The number of phenolic OH excluding ortho intramolecular Hbond substituents is 1. The summed E-state index contributed by atoms with van der Waals surface area (Å²) in [5.41, 5.74) is 3.55. The van der Waals surface area contributed by atoms with E-state index in [-0.39, 0.29) is 11.7 Å². The average molecular weight is 548 g/mol. The molecule has 0 fully saturated rings. The van der Waals surface area contributed by atoms with Crippen molar-refractivity contribution in [2.24, 2.45) is 5.10 Å². The fourth-order valence-electron chi connectivity index (χ4n) is 2.81. The Balaban J connectivity index is 1.42. The molecule has 0 aliphatic carbocycles. The van der Waals surface area contributed by atoms with Crippen molar-refractivity contribution in [1.82, 2.24) is 5.43 Å². The molecular formula is C22H16Br2N2O5. The second-order valence-corrected chi connectivity index (χ2v) is 8.18. The SMILES string of the molecule is O=C(N/N=C/c1cc(Br)c(O)c(Br)c1)c1cccc(Oc2ccc3c(c2)OCCO3)c1. The summed E-state index contributed by atoms with van der Waals surface area (Å²) >= 11 is 6.50. The van der Waals surface area contributed by atoms with Gasteiger partial charge in [-0.1, -0.05) is 6.07 Å². The smallest absolute Gasteiger partial charge is 0.271 e. The van der Waals surface area contributed by atoms with E-state index in [9.17, 15) is 9.90 Å². The highest BCUT2D eigenvalue weighted by atomic mass is 79.9. The summed E-state index contributed by atoms with van der Waals surface area (Å²) < 4.78 is 17.9. The van der Waals surface area contributed by atoms with Crippen molar-refractivity contribution in [1.29, 1.82) is 0 Å². The lowest BCUT2D eigenvalue weighted by Gasteiger charge is -2.18. The van der Waals surface area contributed by atoms with E-state index in [1.165, 1.54) is 6.21 Å². The molecule has 3 aromatic carbocycles. The number of aromatic hydroxyl groups is 1. The lowest BCUT2D eigenvalue weighted by Crippen LogP contribution is -2.17. The highest BCUT2D eigenvalue weighted by Crippen LogP contribution is 2.35. The van der Waals surface area contributed by atoms with Gasteiger partial charge in [-0.05, 0) is 79.9 Å². The molecule has 7 nitrogen and oxygen atoms in total. The Kier molecular flexibility index (Phi) is 6.43. The molecule has 0 bridgehead atoms. The van der Waals surface area contributed by atoms with Gasteiger partial charge in [0.25, 0.3) is 5.91 Å². The van der Waals surface area contributed by atoms with Crippen molar-refractivity contribution in [3.63, 3.8) is 0 Å². The zero-order valence-corrected chi connectivity index (χ0v) is 19.1. The molecular weight excluding hydrogens is 532 g/mol. The number of ether oxygens (including phenoxy) is 3. The van der Waals surface area contributed by atoms with Crippen LogP contribution in [0.4, 0.5) is 0 Å². The number of fused-ring (bicyclic) bond motifs is 1. The van der Waals surface area contributed by atoms with E-state index in [0.717, 1.165) is 0 Å². The molecule has 2 N–H and O–H groups in total. The second kappa shape index (κ2) is 9.40.